The molecule has 306 valence electrons. The molecule has 0 aliphatic rings. The number of carbonyl (C=O) groups excluding carboxylic acids is 2. The van der Waals surface area contributed by atoms with Gasteiger partial charge in [0.25, 0.3) is 0 Å². The van der Waals surface area contributed by atoms with E-state index in [0.717, 1.165) is 103 Å². The van der Waals surface area contributed by atoms with Crippen molar-refractivity contribution in [2.45, 2.75) is 207 Å². The molecular weight excluding hydrogens is 654 g/mol. The van der Waals surface area contributed by atoms with Crippen molar-refractivity contribution in [3.05, 3.63) is 0 Å². The summed E-state index contributed by atoms with van der Waals surface area (Å²) in [4.78, 5) is 26.7. The quantitative estimate of drug-likeness (QED) is 0.0287. The van der Waals surface area contributed by atoms with Crippen molar-refractivity contribution in [1.29, 1.82) is 0 Å². The van der Waals surface area contributed by atoms with E-state index >= 15 is 0 Å². The van der Waals surface area contributed by atoms with Gasteiger partial charge in [0, 0.05) is 45.4 Å². The first-order valence-electron chi connectivity index (χ1n) is 21.9. The first-order chi connectivity index (χ1) is 25.6. The number of aliphatic hydroxyl groups excluding tert-OH is 1. The molecule has 0 saturated heterocycles. The Kier molecular flexibility index (Phi) is 40.7. The molecule has 0 aromatic carbocycles. The average molecular weight is 738 g/mol. The molecule has 0 aliphatic heterocycles. The van der Waals surface area contributed by atoms with Gasteiger partial charge in [-0.1, -0.05) is 129 Å². The molecule has 0 bridgehead atoms. The summed E-state index contributed by atoms with van der Waals surface area (Å²) < 4.78 is 22.9. The maximum atomic E-state index is 12.5. The zero-order chi connectivity index (χ0) is 38.0. The molecule has 0 heterocycles. The fourth-order valence-electron chi connectivity index (χ4n) is 6.04. The van der Waals surface area contributed by atoms with Crippen LogP contribution in [0.25, 0.3) is 0 Å². The highest BCUT2D eigenvalue weighted by molar-refractivity contribution is 5.69. The van der Waals surface area contributed by atoms with E-state index in [9.17, 15) is 14.7 Å². The maximum absolute atomic E-state index is 12.5. The number of hydrogen-bond donors (Lipinski definition) is 1. The summed E-state index contributed by atoms with van der Waals surface area (Å²) in [6, 6.07) is 0. The van der Waals surface area contributed by atoms with Crippen LogP contribution in [0.1, 0.15) is 201 Å². The number of carbonyl (C=O) groups is 2. The van der Waals surface area contributed by atoms with Crippen LogP contribution in [0.4, 0.5) is 0 Å². The smallest absolute Gasteiger partial charge is 0.305 e. The lowest BCUT2D eigenvalue weighted by molar-refractivity contribution is -0.159. The molecule has 8 nitrogen and oxygen atoms in total. The van der Waals surface area contributed by atoms with Crippen LogP contribution in [0.5, 0.6) is 0 Å². The first-order valence-corrected chi connectivity index (χ1v) is 21.9. The molecule has 0 fully saturated rings. The van der Waals surface area contributed by atoms with Crippen LogP contribution in [0.3, 0.4) is 0 Å². The number of aliphatic hydroxyl groups is 1. The van der Waals surface area contributed by atoms with Crippen molar-refractivity contribution >= 4 is 11.9 Å². The second-order valence-electron chi connectivity index (χ2n) is 14.4. The second kappa shape index (κ2) is 42.1. The number of nitrogens with zero attached hydrogens (tertiary/aromatic N) is 1. The Hall–Kier alpha value is -1.66. The summed E-state index contributed by atoms with van der Waals surface area (Å²) in [6.45, 7) is 11.7. The van der Waals surface area contributed by atoms with E-state index in [1.165, 1.54) is 64.2 Å². The number of rotatable bonds is 40. The monoisotopic (exact) mass is 738 g/mol. The van der Waals surface area contributed by atoms with Gasteiger partial charge in [0.15, 0.2) is 6.29 Å². The minimum Gasteiger partial charge on any atom is -0.466 e. The normalized spacial score (nSPS) is 11.3. The molecule has 8 heteroatoms. The first kappa shape index (κ1) is 50.3. The summed E-state index contributed by atoms with van der Waals surface area (Å²) in [6.07, 6.45) is 28.9. The minimum atomic E-state index is -0.327. The molecule has 52 heavy (non-hydrogen) atoms. The number of esters is 2. The van der Waals surface area contributed by atoms with Crippen molar-refractivity contribution in [2.24, 2.45) is 0 Å². The van der Waals surface area contributed by atoms with Gasteiger partial charge < -0.3 is 29.0 Å². The number of unbranched alkanes of at least 4 members (excludes halogenated alkanes) is 19. The molecule has 0 spiro atoms. The molecule has 0 aliphatic carbocycles. The van der Waals surface area contributed by atoms with Gasteiger partial charge in [0.2, 0.25) is 0 Å². The van der Waals surface area contributed by atoms with Gasteiger partial charge in [0.1, 0.15) is 6.61 Å². The lowest BCUT2D eigenvalue weighted by atomic mass is 10.1. The van der Waals surface area contributed by atoms with Crippen LogP contribution >= 0.6 is 0 Å². The maximum Gasteiger partial charge on any atom is 0.305 e. The Morgan fingerprint density at radius 1 is 0.500 bits per heavy atom. The molecular formula is C44H83NO7. The van der Waals surface area contributed by atoms with Gasteiger partial charge in [-0.25, -0.2) is 0 Å². The van der Waals surface area contributed by atoms with Gasteiger partial charge in [-0.3, -0.25) is 9.59 Å². The van der Waals surface area contributed by atoms with Crippen LogP contribution in [0.2, 0.25) is 0 Å². The molecule has 0 aromatic rings. The third kappa shape index (κ3) is 38.1. The molecule has 0 rings (SSSR count). The zero-order valence-corrected chi connectivity index (χ0v) is 34.4. The molecule has 0 aromatic heterocycles. The topological polar surface area (TPSA) is 94.5 Å². The Labute approximate surface area is 321 Å². The molecule has 0 unspecified atom stereocenters. The standard InChI is InChI=1S/C44H83NO7/c1-4-7-10-13-20-27-38-49-42(47)31-24-17-16-18-25-34-45(36-37-46)35-26-19-23-28-39-50-43(48)32-33-44(51-40-29-21-14-11-8-5-2)52-41-30-22-15-12-9-6-3/h44,46H,4-12,14-19,21-41H2,1-3H3. The van der Waals surface area contributed by atoms with E-state index in [2.05, 4.69) is 37.5 Å². The van der Waals surface area contributed by atoms with Crippen molar-refractivity contribution in [2.75, 3.05) is 52.7 Å². The largest absolute Gasteiger partial charge is 0.466 e. The predicted molar refractivity (Wildman–Crippen MR) is 215 cm³/mol. The Balaban J connectivity index is 4.00. The number of hydrogen-bond acceptors (Lipinski definition) is 8. The Morgan fingerprint density at radius 3 is 1.54 bits per heavy atom. The van der Waals surface area contributed by atoms with Crippen LogP contribution in [0.15, 0.2) is 0 Å². The lowest BCUT2D eigenvalue weighted by Crippen LogP contribution is -2.29. The highest BCUT2D eigenvalue weighted by atomic mass is 16.7. The van der Waals surface area contributed by atoms with Gasteiger partial charge in [-0.2, -0.15) is 0 Å². The SMILES string of the molecule is CCCCC#CCCOC(=O)CCCCCCCN(CCO)CCCCCCOC(=O)CCC(OCCCCCCCC)OCCCCCCCC. The van der Waals surface area contributed by atoms with Gasteiger partial charge in [-0.15, -0.1) is 5.92 Å². The van der Waals surface area contributed by atoms with Crippen molar-refractivity contribution in [3.63, 3.8) is 0 Å². The van der Waals surface area contributed by atoms with Crippen LogP contribution in [-0.2, 0) is 28.5 Å². The van der Waals surface area contributed by atoms with Crippen LogP contribution in [0, 0.1) is 11.8 Å². The van der Waals surface area contributed by atoms with Crippen molar-refractivity contribution in [3.8, 4) is 11.8 Å². The Bertz CT molecular complexity index is 809. The van der Waals surface area contributed by atoms with E-state index in [1.807, 2.05) is 0 Å². The van der Waals surface area contributed by atoms with Crippen LogP contribution < -0.4 is 0 Å². The van der Waals surface area contributed by atoms with E-state index in [1.54, 1.807) is 0 Å². The summed E-state index contributed by atoms with van der Waals surface area (Å²) in [5.74, 6) is 5.91. The average Bonchev–Trinajstić information content (AvgIpc) is 3.14. The highest BCUT2D eigenvalue weighted by Crippen LogP contribution is 2.13. The Morgan fingerprint density at radius 2 is 0.962 bits per heavy atom. The van der Waals surface area contributed by atoms with Crippen LogP contribution in [-0.4, -0.2) is 80.9 Å². The predicted octanol–water partition coefficient (Wildman–Crippen LogP) is 10.7. The fraction of sp³-hybridized carbons (Fsp3) is 0.909. The summed E-state index contributed by atoms with van der Waals surface area (Å²) in [7, 11) is 0. The minimum absolute atomic E-state index is 0.111. The summed E-state index contributed by atoms with van der Waals surface area (Å²) in [5, 5.41) is 9.51. The lowest BCUT2D eigenvalue weighted by Gasteiger charge is -2.21. The van der Waals surface area contributed by atoms with E-state index in [0.29, 0.717) is 58.7 Å². The van der Waals surface area contributed by atoms with Gasteiger partial charge in [-0.05, 0) is 58.0 Å². The highest BCUT2D eigenvalue weighted by Gasteiger charge is 2.14. The van der Waals surface area contributed by atoms with Gasteiger partial charge in [0.05, 0.1) is 19.6 Å². The van der Waals surface area contributed by atoms with Crippen molar-refractivity contribution < 1.29 is 33.6 Å². The number of ether oxygens (including phenoxy) is 4. The molecule has 0 atom stereocenters. The molecule has 1 N–H and O–H groups in total. The van der Waals surface area contributed by atoms with Gasteiger partial charge >= 0.3 is 11.9 Å². The summed E-state index contributed by atoms with van der Waals surface area (Å²) in [5.41, 5.74) is 0. The van der Waals surface area contributed by atoms with E-state index < -0.39 is 0 Å². The zero-order valence-electron chi connectivity index (χ0n) is 34.4. The van der Waals surface area contributed by atoms with E-state index in [-0.39, 0.29) is 24.8 Å². The second-order valence-corrected chi connectivity index (χ2v) is 14.4. The third-order valence-corrected chi connectivity index (χ3v) is 9.36. The summed E-state index contributed by atoms with van der Waals surface area (Å²) >= 11 is 0. The molecule has 0 radical (unpaired) electrons. The fourth-order valence-corrected chi connectivity index (χ4v) is 6.04. The van der Waals surface area contributed by atoms with Crippen molar-refractivity contribution in [1.82, 2.24) is 4.90 Å². The molecule has 0 saturated carbocycles. The third-order valence-electron chi connectivity index (χ3n) is 9.36. The van der Waals surface area contributed by atoms with E-state index in [4.69, 9.17) is 18.9 Å². The molecule has 0 amide bonds.